The molecule has 0 saturated carbocycles. The van der Waals surface area contributed by atoms with Crippen LogP contribution in [0.3, 0.4) is 0 Å². The highest BCUT2D eigenvalue weighted by atomic mass is 19.1. The molecule has 0 heterocycles. The quantitative estimate of drug-likeness (QED) is 0.364. The first-order valence-electron chi connectivity index (χ1n) is 0.924. The maximum Gasteiger partial charge on any atom is 0.170 e. The Kier molecular flexibility index (Phi) is 2.34. The first-order chi connectivity index (χ1) is 1.91. The van der Waals surface area contributed by atoms with Crippen LogP contribution < -0.4 is 0 Å². The molecular weight excluding hydrogens is 57.0 g/mol. The minimum atomic E-state index is 0.250. The molecule has 0 aromatic heterocycles. The van der Waals surface area contributed by atoms with Crippen molar-refractivity contribution in [3.63, 3.8) is 0 Å². The lowest BCUT2D eigenvalue weighted by molar-refractivity contribution is 0.838. The molecule has 0 atom stereocenters. The summed E-state index contributed by atoms with van der Waals surface area (Å²) in [6, 6.07) is 0. The fourth-order valence-corrected chi connectivity index (χ4v) is 0. The molecule has 0 bridgehead atoms. The van der Waals surface area contributed by atoms with Crippen molar-refractivity contribution in [2.45, 2.75) is 0 Å². The van der Waals surface area contributed by atoms with Crippen molar-refractivity contribution in [3.8, 4) is 0 Å². The average molecular weight is 61.1 g/mol. The molecule has 4 heavy (non-hydrogen) atoms. The van der Waals surface area contributed by atoms with Crippen LogP contribution in [0.2, 0.25) is 0 Å². The van der Waals surface area contributed by atoms with Crippen molar-refractivity contribution >= 4 is 6.47 Å². The van der Waals surface area contributed by atoms with Gasteiger partial charge in [0.25, 0.3) is 0 Å². The summed E-state index contributed by atoms with van der Waals surface area (Å²) in [5.41, 5.74) is 0. The number of nitrogens with zero attached hydrogens (tertiary/aromatic N) is 1. The number of halogens is 1. The molecule has 0 spiro atoms. The molecule has 24 valence electrons. The fourth-order valence-electron chi connectivity index (χ4n) is 0. The predicted molar refractivity (Wildman–Crippen MR) is 15.5 cm³/mol. The van der Waals surface area contributed by atoms with Gasteiger partial charge in [0.15, 0.2) is 6.47 Å². The second kappa shape index (κ2) is 2.60. The molecule has 0 unspecified atom stereocenters. The summed E-state index contributed by atoms with van der Waals surface area (Å²) in [5, 5.41) is 0. The summed E-state index contributed by atoms with van der Waals surface area (Å²) >= 11 is 0. The van der Waals surface area contributed by atoms with Gasteiger partial charge in [-0.3, -0.25) is 4.99 Å². The van der Waals surface area contributed by atoms with Crippen molar-refractivity contribution in [3.05, 3.63) is 0 Å². The molecule has 0 aliphatic rings. The van der Waals surface area contributed by atoms with Crippen molar-refractivity contribution in [2.24, 2.45) is 4.99 Å². The molecule has 0 saturated heterocycles. The lowest BCUT2D eigenvalue weighted by Crippen LogP contribution is -1.44. The molecule has 0 rings (SSSR count). The van der Waals surface area contributed by atoms with E-state index >= 15 is 0 Å². The molecule has 0 aliphatic heterocycles. The van der Waals surface area contributed by atoms with Crippen LogP contribution >= 0.6 is 0 Å². The van der Waals surface area contributed by atoms with Gasteiger partial charge in [-0.05, 0) is 0 Å². The van der Waals surface area contributed by atoms with Crippen LogP contribution in [0.15, 0.2) is 4.99 Å². The van der Waals surface area contributed by atoms with E-state index in [0.717, 1.165) is 0 Å². The SMILES string of the molecule is C/N=C/F. The zero-order valence-corrected chi connectivity index (χ0v) is 2.40. The minimum Gasteiger partial charge on any atom is -0.268 e. The Hall–Kier alpha value is -0.400. The monoisotopic (exact) mass is 61.0 g/mol. The number of aliphatic imine (C=N–C) groups is 1. The van der Waals surface area contributed by atoms with E-state index in [2.05, 4.69) is 4.99 Å². The van der Waals surface area contributed by atoms with Gasteiger partial charge in [0.1, 0.15) is 0 Å². The summed E-state index contributed by atoms with van der Waals surface area (Å²) in [6.45, 7) is 0.250. The van der Waals surface area contributed by atoms with E-state index in [1.807, 2.05) is 0 Å². The molecule has 1 nitrogen and oxygen atoms in total. The van der Waals surface area contributed by atoms with Gasteiger partial charge >= 0.3 is 0 Å². The molecule has 0 N–H and O–H groups in total. The van der Waals surface area contributed by atoms with Crippen LogP contribution in [-0.2, 0) is 0 Å². The van der Waals surface area contributed by atoms with E-state index in [4.69, 9.17) is 0 Å². The van der Waals surface area contributed by atoms with Crippen LogP contribution in [-0.4, -0.2) is 13.5 Å². The molecule has 0 aliphatic carbocycles. The summed E-state index contributed by atoms with van der Waals surface area (Å²) in [7, 11) is 1.38. The summed E-state index contributed by atoms with van der Waals surface area (Å²) in [5.74, 6) is 0. The van der Waals surface area contributed by atoms with E-state index in [1.165, 1.54) is 7.05 Å². The molecule has 0 fully saturated rings. The largest absolute Gasteiger partial charge is 0.268 e. The van der Waals surface area contributed by atoms with E-state index in [1.54, 1.807) is 0 Å². The zero-order valence-electron chi connectivity index (χ0n) is 2.40. The van der Waals surface area contributed by atoms with Crippen molar-refractivity contribution < 1.29 is 4.39 Å². The van der Waals surface area contributed by atoms with Gasteiger partial charge in [0.2, 0.25) is 0 Å². The van der Waals surface area contributed by atoms with E-state index in [0.29, 0.717) is 0 Å². The molecule has 0 amide bonds. The maximum absolute atomic E-state index is 10.4. The average Bonchev–Trinajstić information content (AvgIpc) is 1.37. The van der Waals surface area contributed by atoms with E-state index in [-0.39, 0.29) is 6.47 Å². The summed E-state index contributed by atoms with van der Waals surface area (Å²) < 4.78 is 10.4. The minimum absolute atomic E-state index is 0.250. The van der Waals surface area contributed by atoms with E-state index < -0.39 is 0 Å². The van der Waals surface area contributed by atoms with Crippen LogP contribution in [0.5, 0.6) is 0 Å². The van der Waals surface area contributed by atoms with E-state index in [9.17, 15) is 4.39 Å². The van der Waals surface area contributed by atoms with Crippen molar-refractivity contribution in [1.29, 1.82) is 0 Å². The molecular formula is C2H4FN. The van der Waals surface area contributed by atoms with Gasteiger partial charge in [-0.2, -0.15) is 4.39 Å². The second-order valence-electron chi connectivity index (χ2n) is 0.356. The topological polar surface area (TPSA) is 12.4 Å². The second-order valence-corrected chi connectivity index (χ2v) is 0.356. The lowest BCUT2D eigenvalue weighted by atomic mass is 11.4. The number of hydrogen-bond acceptors (Lipinski definition) is 1. The Bertz CT molecular complexity index is 21.2. The van der Waals surface area contributed by atoms with Crippen LogP contribution in [0, 0.1) is 0 Å². The van der Waals surface area contributed by atoms with Crippen LogP contribution in [0.4, 0.5) is 4.39 Å². The normalized spacial score (nSPS) is 9.50. The molecule has 0 aromatic rings. The third kappa shape index (κ3) is 1.60. The molecule has 2 heteroatoms. The smallest absolute Gasteiger partial charge is 0.170 e. The Morgan fingerprint density at radius 1 is 2.00 bits per heavy atom. The molecule has 0 aromatic carbocycles. The summed E-state index contributed by atoms with van der Waals surface area (Å²) in [6.07, 6.45) is 0. The van der Waals surface area contributed by atoms with Gasteiger partial charge in [0.05, 0.1) is 0 Å². The summed E-state index contributed by atoms with van der Waals surface area (Å²) in [4.78, 5) is 2.94. The first kappa shape index (κ1) is 3.60. The standard InChI is InChI=1S/C2H4FN/c1-4-2-3/h2H,1H3/b4-2+. The highest BCUT2D eigenvalue weighted by Gasteiger charge is 1.37. The number of rotatable bonds is 0. The highest BCUT2D eigenvalue weighted by molar-refractivity contribution is 5.43. The zero-order chi connectivity index (χ0) is 3.41. The van der Waals surface area contributed by atoms with Gasteiger partial charge in [-0.1, -0.05) is 0 Å². The Morgan fingerprint density at radius 3 is 2.25 bits per heavy atom. The van der Waals surface area contributed by atoms with Crippen molar-refractivity contribution in [1.82, 2.24) is 0 Å². The van der Waals surface area contributed by atoms with Crippen LogP contribution in [0.1, 0.15) is 0 Å². The van der Waals surface area contributed by atoms with Crippen molar-refractivity contribution in [2.75, 3.05) is 7.05 Å². The Balaban J connectivity index is 2.55. The Labute approximate surface area is 24.2 Å². The van der Waals surface area contributed by atoms with Crippen LogP contribution in [0.25, 0.3) is 0 Å². The number of hydrogen-bond donors (Lipinski definition) is 0. The van der Waals surface area contributed by atoms with Gasteiger partial charge in [0, 0.05) is 7.05 Å². The Morgan fingerprint density at radius 2 is 2.25 bits per heavy atom. The highest BCUT2D eigenvalue weighted by Crippen LogP contribution is 1.45. The third-order valence-corrected chi connectivity index (χ3v) is 0.0976. The molecule has 0 radical (unpaired) electrons. The third-order valence-electron chi connectivity index (χ3n) is 0.0976. The van der Waals surface area contributed by atoms with Gasteiger partial charge in [-0.25, -0.2) is 0 Å². The first-order valence-corrected chi connectivity index (χ1v) is 0.924. The van der Waals surface area contributed by atoms with Gasteiger partial charge < -0.3 is 0 Å². The predicted octanol–water partition coefficient (Wildman–Crippen LogP) is 0.614. The van der Waals surface area contributed by atoms with Gasteiger partial charge in [-0.15, -0.1) is 0 Å². The lowest BCUT2D eigenvalue weighted by Gasteiger charge is -1.49. The fraction of sp³-hybridized carbons (Fsp3) is 0.500. The maximum atomic E-state index is 10.4.